The van der Waals surface area contributed by atoms with Gasteiger partial charge in [-0.2, -0.15) is 0 Å². The zero-order chi connectivity index (χ0) is 58.6. The van der Waals surface area contributed by atoms with Crippen molar-refractivity contribution in [1.29, 1.82) is 0 Å². The van der Waals surface area contributed by atoms with E-state index >= 15 is 0 Å². The third-order valence-electron chi connectivity index (χ3n) is 16.9. The summed E-state index contributed by atoms with van der Waals surface area (Å²) in [6.07, 6.45) is 31.1. The number of rotatable bonds is 39. The highest BCUT2D eigenvalue weighted by molar-refractivity contribution is 7.57. The van der Waals surface area contributed by atoms with Gasteiger partial charge in [-0.3, -0.25) is 0 Å². The summed E-state index contributed by atoms with van der Waals surface area (Å²) >= 11 is 0. The Kier molecular flexibility index (Phi) is 29.4. The first-order valence-corrected chi connectivity index (χ1v) is 35.6. The fourth-order valence-electron chi connectivity index (χ4n) is 12.1. The van der Waals surface area contributed by atoms with Crippen molar-refractivity contribution in [2.75, 3.05) is 0 Å². The maximum absolute atomic E-state index is 7.40. The molecular formula is C76H108O4P2. The average molecular weight is 1150 g/mol. The quantitative estimate of drug-likeness (QED) is 0.0361. The minimum atomic E-state index is -1.55. The summed E-state index contributed by atoms with van der Waals surface area (Å²) in [6.45, 7) is 27.6. The summed E-state index contributed by atoms with van der Waals surface area (Å²) in [6, 6.07) is 36.6. The van der Waals surface area contributed by atoms with Crippen LogP contribution in [0.1, 0.15) is 253 Å². The van der Waals surface area contributed by atoms with Crippen LogP contribution >= 0.6 is 16.8 Å². The molecule has 0 aliphatic carbocycles. The molecule has 0 saturated heterocycles. The maximum Gasteiger partial charge on any atom is 0.326 e. The van der Waals surface area contributed by atoms with E-state index in [9.17, 15) is 0 Å². The predicted octanol–water partition coefficient (Wildman–Crippen LogP) is 22.5. The van der Waals surface area contributed by atoms with Gasteiger partial charge in [0.05, 0.1) is 10.6 Å². The zero-order valence-corrected chi connectivity index (χ0v) is 55.4. The van der Waals surface area contributed by atoms with Crippen LogP contribution in [0.25, 0.3) is 11.1 Å². The Morgan fingerprint density at radius 1 is 0.232 bits per heavy atom. The largest absolute Gasteiger partial charge is 0.435 e. The second kappa shape index (κ2) is 36.3. The van der Waals surface area contributed by atoms with Gasteiger partial charge in [-0.05, 0) is 255 Å². The molecule has 0 spiro atoms. The lowest BCUT2D eigenvalue weighted by Gasteiger charge is -2.26. The van der Waals surface area contributed by atoms with Gasteiger partial charge in [0.1, 0.15) is 23.0 Å². The SMILES string of the molecule is CCCCc1ccc(OP(Oc2ccc(CCCC)c(CC)c2CCCC)c2ccc(-c3ccc(P(Oc4ccc(CCCC)c(CC)c4CCCC)Oc4ccc(CCCC)c(CC)c4CCCC)cc3)cc2)c(CCCC)c1CC. The van der Waals surface area contributed by atoms with E-state index in [1.165, 1.54) is 118 Å². The lowest BCUT2D eigenvalue weighted by Crippen LogP contribution is -2.14. The Labute approximate surface area is 503 Å². The van der Waals surface area contributed by atoms with Crippen molar-refractivity contribution in [2.45, 2.75) is 263 Å². The molecule has 0 aliphatic rings. The first-order chi connectivity index (χ1) is 40.2. The summed E-state index contributed by atoms with van der Waals surface area (Å²) in [5.41, 5.74) is 19.6. The van der Waals surface area contributed by atoms with Gasteiger partial charge in [-0.1, -0.05) is 183 Å². The fourth-order valence-corrected chi connectivity index (χ4v) is 14.7. The molecule has 82 heavy (non-hydrogen) atoms. The molecule has 6 aromatic rings. The summed E-state index contributed by atoms with van der Waals surface area (Å²) in [7, 11) is -3.11. The molecule has 0 atom stereocenters. The topological polar surface area (TPSA) is 36.9 Å². The van der Waals surface area contributed by atoms with E-state index in [0.29, 0.717) is 0 Å². The van der Waals surface area contributed by atoms with Crippen molar-refractivity contribution in [2.24, 2.45) is 0 Å². The molecule has 0 radical (unpaired) electrons. The van der Waals surface area contributed by atoms with E-state index in [2.05, 4.69) is 180 Å². The third kappa shape index (κ3) is 18.2. The summed E-state index contributed by atoms with van der Waals surface area (Å²) < 4.78 is 29.6. The van der Waals surface area contributed by atoms with Crippen LogP contribution in [0.4, 0.5) is 0 Å². The lowest BCUT2D eigenvalue weighted by atomic mass is 9.92. The molecule has 0 N–H and O–H groups in total. The van der Waals surface area contributed by atoms with Crippen molar-refractivity contribution in [3.8, 4) is 34.1 Å². The molecule has 6 heteroatoms. The van der Waals surface area contributed by atoms with E-state index in [-0.39, 0.29) is 0 Å². The van der Waals surface area contributed by atoms with Crippen molar-refractivity contribution in [3.05, 3.63) is 164 Å². The number of benzene rings is 6. The zero-order valence-electron chi connectivity index (χ0n) is 53.6. The van der Waals surface area contributed by atoms with Crippen molar-refractivity contribution in [3.63, 3.8) is 0 Å². The summed E-state index contributed by atoms with van der Waals surface area (Å²) in [5, 5.41) is 2.14. The third-order valence-corrected chi connectivity index (χ3v) is 19.8. The smallest absolute Gasteiger partial charge is 0.326 e. The molecule has 0 bridgehead atoms. The van der Waals surface area contributed by atoms with E-state index in [1.807, 2.05) is 0 Å². The molecule has 0 fully saturated rings. The highest BCUT2D eigenvalue weighted by atomic mass is 31.2. The Morgan fingerprint density at radius 2 is 0.439 bits per heavy atom. The van der Waals surface area contributed by atoms with Gasteiger partial charge >= 0.3 is 16.8 Å². The van der Waals surface area contributed by atoms with Crippen LogP contribution in [0.2, 0.25) is 0 Å². The molecule has 0 unspecified atom stereocenters. The van der Waals surface area contributed by atoms with Crippen LogP contribution in [0.3, 0.4) is 0 Å². The van der Waals surface area contributed by atoms with Crippen molar-refractivity contribution < 1.29 is 18.1 Å². The standard InChI is InChI=1S/C76H108O4P2/c1-13-25-33-59-45-53-73(69(37-29-17-5)65(59)21-9)77-81(78-74-54-46-60(34-26-14-2)66(22-10)70(74)38-30-18-6)63-49-41-57(42-50-63)58-43-51-64(52-44-58)82(79-75-55-47-61(35-27-15-3)67(23-11)71(75)39-31-19-7)80-76-56-48-62(36-28-16-4)68(24-12)72(76)40-32-20-8/h41-56H,13-40H2,1-12H3. The van der Waals surface area contributed by atoms with Crippen LogP contribution in [-0.2, 0) is 77.0 Å². The van der Waals surface area contributed by atoms with Gasteiger partial charge in [0.2, 0.25) is 0 Å². The molecule has 0 heterocycles. The van der Waals surface area contributed by atoms with Gasteiger partial charge in [-0.25, -0.2) is 0 Å². The van der Waals surface area contributed by atoms with E-state index in [1.54, 1.807) is 0 Å². The first-order valence-electron chi connectivity index (χ1n) is 33.3. The van der Waals surface area contributed by atoms with Crippen LogP contribution in [-0.4, -0.2) is 0 Å². The summed E-state index contributed by atoms with van der Waals surface area (Å²) in [5.74, 6) is 3.92. The predicted molar refractivity (Wildman–Crippen MR) is 360 cm³/mol. The lowest BCUT2D eigenvalue weighted by molar-refractivity contribution is 0.490. The van der Waals surface area contributed by atoms with Gasteiger partial charge in [-0.15, -0.1) is 0 Å². The van der Waals surface area contributed by atoms with Gasteiger partial charge in [0.15, 0.2) is 0 Å². The number of hydrogen-bond donors (Lipinski definition) is 0. The number of unbranched alkanes of at least 4 members (excludes halogenated alkanes) is 8. The van der Waals surface area contributed by atoms with Crippen LogP contribution in [0.5, 0.6) is 23.0 Å². The molecule has 6 aromatic carbocycles. The molecule has 6 rings (SSSR count). The van der Waals surface area contributed by atoms with Crippen LogP contribution in [0.15, 0.2) is 97.1 Å². The maximum atomic E-state index is 7.40. The van der Waals surface area contributed by atoms with Gasteiger partial charge in [0.25, 0.3) is 0 Å². The highest BCUT2D eigenvalue weighted by Crippen LogP contribution is 2.47. The van der Waals surface area contributed by atoms with E-state index in [4.69, 9.17) is 18.1 Å². The van der Waals surface area contributed by atoms with Gasteiger partial charge in [0, 0.05) is 0 Å². The normalized spacial score (nSPS) is 11.5. The van der Waals surface area contributed by atoms with Crippen LogP contribution in [0, 0.1) is 0 Å². The molecule has 0 amide bonds. The fraction of sp³-hybridized carbons (Fsp3) is 0.526. The van der Waals surface area contributed by atoms with Gasteiger partial charge < -0.3 is 18.1 Å². The minimum Gasteiger partial charge on any atom is -0.435 e. The Bertz CT molecular complexity index is 2470. The van der Waals surface area contributed by atoms with Crippen molar-refractivity contribution >= 4 is 27.4 Å². The average Bonchev–Trinajstić information content (AvgIpc) is 3.69. The highest BCUT2D eigenvalue weighted by Gasteiger charge is 2.27. The molecule has 4 nitrogen and oxygen atoms in total. The number of hydrogen-bond acceptors (Lipinski definition) is 4. The minimum absolute atomic E-state index is 0.981. The van der Waals surface area contributed by atoms with E-state index < -0.39 is 16.8 Å². The second-order valence-electron chi connectivity index (χ2n) is 22.9. The van der Waals surface area contributed by atoms with E-state index in [0.717, 1.165) is 173 Å². The Morgan fingerprint density at radius 3 is 0.634 bits per heavy atom. The molecule has 0 saturated carbocycles. The monoisotopic (exact) mass is 1150 g/mol. The second-order valence-corrected chi connectivity index (χ2v) is 25.7. The number of aryl methyl sites for hydroxylation is 4. The molecular weight excluding hydrogens is 1040 g/mol. The molecule has 0 aliphatic heterocycles. The molecule has 0 aromatic heterocycles. The van der Waals surface area contributed by atoms with Crippen molar-refractivity contribution in [1.82, 2.24) is 0 Å². The first kappa shape index (κ1) is 66.5. The Hall–Kier alpha value is -4.62. The Balaban J connectivity index is 1.44. The van der Waals surface area contributed by atoms with Crippen LogP contribution < -0.4 is 28.7 Å². The molecule has 446 valence electrons. The summed E-state index contributed by atoms with van der Waals surface area (Å²) in [4.78, 5) is 0.